The van der Waals surface area contributed by atoms with Crippen LogP contribution in [0.15, 0.2) is 42.5 Å². The van der Waals surface area contributed by atoms with Crippen LogP contribution in [0.5, 0.6) is 11.5 Å². The van der Waals surface area contributed by atoms with Crippen LogP contribution in [0.3, 0.4) is 0 Å². The van der Waals surface area contributed by atoms with E-state index in [4.69, 9.17) is 14.3 Å². The van der Waals surface area contributed by atoms with Gasteiger partial charge in [-0.05, 0) is 29.2 Å². The Labute approximate surface area is 131 Å². The Hall–Kier alpha value is -1.87. The average molecular weight is 318 g/mol. The summed E-state index contributed by atoms with van der Waals surface area (Å²) in [5.74, 6) is 0.369. The molecule has 0 spiro atoms. The van der Waals surface area contributed by atoms with E-state index in [0.29, 0.717) is 11.3 Å². The first-order valence-corrected chi connectivity index (χ1v) is 8.09. The van der Waals surface area contributed by atoms with E-state index in [9.17, 15) is 5.11 Å². The van der Waals surface area contributed by atoms with Gasteiger partial charge in [0.25, 0.3) is 0 Å². The van der Waals surface area contributed by atoms with Crippen molar-refractivity contribution in [3.05, 3.63) is 59.2 Å². The smallest absolute Gasteiger partial charge is 0.391 e. The van der Waals surface area contributed by atoms with Gasteiger partial charge in [0.1, 0.15) is 11.5 Å². The lowest BCUT2D eigenvalue weighted by molar-refractivity contribution is 0.370. The molecular weight excluding hydrogens is 299 g/mol. The van der Waals surface area contributed by atoms with Gasteiger partial charge in [-0.1, -0.05) is 56.3 Å². The second-order valence-electron chi connectivity index (χ2n) is 5.19. The molecule has 2 rings (SSSR count). The summed E-state index contributed by atoms with van der Waals surface area (Å²) < 4.78 is 5.06. The third kappa shape index (κ3) is 4.31. The van der Waals surface area contributed by atoms with Gasteiger partial charge in [0.2, 0.25) is 0 Å². The molecule has 0 aliphatic heterocycles. The number of phenols is 1. The zero-order chi connectivity index (χ0) is 16.1. The molecule has 0 fully saturated rings. The second-order valence-corrected chi connectivity index (χ2v) is 5.88. The van der Waals surface area contributed by atoms with E-state index < -0.39 is 8.60 Å². The third-order valence-electron chi connectivity index (χ3n) is 3.17. The molecule has 0 aromatic heterocycles. The second kappa shape index (κ2) is 7.41. The number of aromatic hydroxyl groups is 1. The molecule has 0 amide bonds. The van der Waals surface area contributed by atoms with Gasteiger partial charge < -0.3 is 19.4 Å². The normalized spacial score (nSPS) is 11.5. The molecule has 22 heavy (non-hydrogen) atoms. The summed E-state index contributed by atoms with van der Waals surface area (Å²) in [6, 6.07) is 13.1. The van der Waals surface area contributed by atoms with Gasteiger partial charge in [0.15, 0.2) is 0 Å². The minimum atomic E-state index is -2.53. The summed E-state index contributed by atoms with van der Waals surface area (Å²) in [6.45, 7) is 3.80. The van der Waals surface area contributed by atoms with Crippen molar-refractivity contribution in [2.75, 3.05) is 0 Å². The van der Waals surface area contributed by atoms with Crippen LogP contribution in [-0.4, -0.2) is 14.9 Å². The Morgan fingerprint density at radius 2 is 1.64 bits per heavy atom. The van der Waals surface area contributed by atoms with Gasteiger partial charge in [-0.3, -0.25) is 0 Å². The molecule has 0 aliphatic rings. The Morgan fingerprint density at radius 1 is 1.00 bits per heavy atom. The van der Waals surface area contributed by atoms with Crippen LogP contribution < -0.4 is 4.52 Å². The maximum Gasteiger partial charge on any atom is 0.391 e. The van der Waals surface area contributed by atoms with E-state index in [1.807, 2.05) is 56.3 Å². The summed E-state index contributed by atoms with van der Waals surface area (Å²) in [7, 11) is -2.53. The standard InChI is InChI=1S/C17H19O4P/c1-12(2)17-15(18)10-14(11-16(17)21-22(19)20)9-8-13-6-4-3-5-7-13/h3-12,18-20H,1-2H3/b9-8+. The maximum absolute atomic E-state index is 10.2. The molecule has 0 unspecified atom stereocenters. The quantitative estimate of drug-likeness (QED) is 0.568. The van der Waals surface area contributed by atoms with Crippen molar-refractivity contribution in [3.63, 3.8) is 0 Å². The Balaban J connectivity index is 2.37. The number of hydrogen-bond donors (Lipinski definition) is 3. The fraction of sp³-hybridized carbons (Fsp3) is 0.176. The molecule has 0 aliphatic carbocycles. The highest BCUT2D eigenvalue weighted by Gasteiger charge is 2.17. The van der Waals surface area contributed by atoms with E-state index in [1.165, 1.54) is 0 Å². The van der Waals surface area contributed by atoms with E-state index in [-0.39, 0.29) is 11.7 Å². The Morgan fingerprint density at radius 3 is 2.23 bits per heavy atom. The summed E-state index contributed by atoms with van der Waals surface area (Å²) >= 11 is 0. The van der Waals surface area contributed by atoms with Crippen LogP contribution in [0.25, 0.3) is 12.2 Å². The molecule has 0 bridgehead atoms. The van der Waals surface area contributed by atoms with Gasteiger partial charge >= 0.3 is 8.60 Å². The molecule has 4 nitrogen and oxygen atoms in total. The predicted molar refractivity (Wildman–Crippen MR) is 89.6 cm³/mol. The monoisotopic (exact) mass is 318 g/mol. The largest absolute Gasteiger partial charge is 0.507 e. The highest BCUT2D eigenvalue weighted by molar-refractivity contribution is 7.39. The molecule has 116 valence electrons. The van der Waals surface area contributed by atoms with Crippen molar-refractivity contribution in [1.82, 2.24) is 0 Å². The molecule has 2 aromatic carbocycles. The molecule has 2 aromatic rings. The summed E-state index contributed by atoms with van der Waals surface area (Å²) in [5.41, 5.74) is 2.31. The van der Waals surface area contributed by atoms with Crippen LogP contribution in [0.1, 0.15) is 36.5 Å². The first-order valence-electron chi connectivity index (χ1n) is 6.93. The fourth-order valence-corrected chi connectivity index (χ4v) is 2.56. The van der Waals surface area contributed by atoms with E-state index in [2.05, 4.69) is 0 Å². The summed E-state index contributed by atoms with van der Waals surface area (Å²) in [6.07, 6.45) is 3.75. The van der Waals surface area contributed by atoms with Crippen LogP contribution in [-0.2, 0) is 0 Å². The molecule has 0 atom stereocenters. The molecular formula is C17H19O4P. The molecule has 0 saturated heterocycles. The highest BCUT2D eigenvalue weighted by Crippen LogP contribution is 2.41. The molecule has 3 N–H and O–H groups in total. The minimum Gasteiger partial charge on any atom is -0.507 e. The van der Waals surface area contributed by atoms with Crippen molar-refractivity contribution in [2.45, 2.75) is 19.8 Å². The van der Waals surface area contributed by atoms with Gasteiger partial charge in [0, 0.05) is 5.56 Å². The van der Waals surface area contributed by atoms with Crippen molar-refractivity contribution >= 4 is 20.8 Å². The average Bonchev–Trinajstić information content (AvgIpc) is 2.44. The van der Waals surface area contributed by atoms with Crippen molar-refractivity contribution < 1.29 is 19.4 Å². The predicted octanol–water partition coefficient (Wildman–Crippen LogP) is 4.28. The lowest BCUT2D eigenvalue weighted by atomic mass is 9.98. The van der Waals surface area contributed by atoms with Crippen molar-refractivity contribution in [1.29, 1.82) is 0 Å². The molecule has 5 heteroatoms. The lowest BCUT2D eigenvalue weighted by Crippen LogP contribution is -1.96. The van der Waals surface area contributed by atoms with Crippen molar-refractivity contribution in [3.8, 4) is 11.5 Å². The highest BCUT2D eigenvalue weighted by atomic mass is 31.2. The van der Waals surface area contributed by atoms with E-state index in [1.54, 1.807) is 12.1 Å². The number of hydrogen-bond acceptors (Lipinski definition) is 4. The number of benzene rings is 2. The van der Waals surface area contributed by atoms with Gasteiger partial charge in [-0.25, -0.2) is 0 Å². The zero-order valence-corrected chi connectivity index (χ0v) is 13.4. The van der Waals surface area contributed by atoms with Crippen molar-refractivity contribution in [2.24, 2.45) is 0 Å². The van der Waals surface area contributed by atoms with E-state index >= 15 is 0 Å². The van der Waals surface area contributed by atoms with Crippen LogP contribution in [0.2, 0.25) is 0 Å². The molecule has 0 saturated carbocycles. The van der Waals surface area contributed by atoms with Crippen LogP contribution >= 0.6 is 8.60 Å². The SMILES string of the molecule is CC(C)c1c(O)cc(/C=C/c2ccccc2)cc1OP(O)O. The van der Waals surface area contributed by atoms with Crippen LogP contribution in [0.4, 0.5) is 0 Å². The number of rotatable bonds is 5. The van der Waals surface area contributed by atoms with Crippen LogP contribution in [0, 0.1) is 0 Å². The Kier molecular flexibility index (Phi) is 5.56. The molecule has 0 radical (unpaired) electrons. The first kappa shape index (κ1) is 16.5. The Bertz CT molecular complexity index is 651. The van der Waals surface area contributed by atoms with Gasteiger partial charge in [-0.2, -0.15) is 0 Å². The van der Waals surface area contributed by atoms with Gasteiger partial charge in [0.05, 0.1) is 0 Å². The third-order valence-corrected chi connectivity index (χ3v) is 3.53. The molecule has 0 heterocycles. The first-order chi connectivity index (χ1) is 10.5. The fourth-order valence-electron chi connectivity index (χ4n) is 2.23. The topological polar surface area (TPSA) is 69.9 Å². The number of phenolic OH excluding ortho intramolecular Hbond substituents is 1. The van der Waals surface area contributed by atoms with Gasteiger partial charge in [-0.15, -0.1) is 0 Å². The lowest BCUT2D eigenvalue weighted by Gasteiger charge is -2.16. The maximum atomic E-state index is 10.2. The minimum absolute atomic E-state index is 0.00268. The van der Waals surface area contributed by atoms with E-state index in [0.717, 1.165) is 11.1 Å². The summed E-state index contributed by atoms with van der Waals surface area (Å²) in [5, 5.41) is 10.2. The summed E-state index contributed by atoms with van der Waals surface area (Å²) in [4.78, 5) is 18.2. The zero-order valence-electron chi connectivity index (χ0n) is 12.5.